The average molecular weight is 240 g/mol. The minimum absolute atomic E-state index is 0.0346. The third kappa shape index (κ3) is 3.19. The number of hydrogen-bond acceptors (Lipinski definition) is 3. The number of amides is 1. The van der Waals surface area contributed by atoms with E-state index in [1.54, 1.807) is 0 Å². The van der Waals surface area contributed by atoms with E-state index in [2.05, 4.69) is 12.2 Å². The predicted molar refractivity (Wildman–Crippen MR) is 66.6 cm³/mol. The molecule has 0 aromatic rings. The van der Waals surface area contributed by atoms with Gasteiger partial charge in [-0.05, 0) is 45.1 Å². The first-order valence-electron chi connectivity index (χ1n) is 6.72. The van der Waals surface area contributed by atoms with E-state index in [9.17, 15) is 9.90 Å². The van der Waals surface area contributed by atoms with Crippen LogP contribution >= 0.6 is 0 Å². The topological polar surface area (TPSA) is 52.6 Å². The lowest BCUT2D eigenvalue weighted by Crippen LogP contribution is -2.55. The number of nitrogens with one attached hydrogen (secondary N) is 1. The number of hydrogen-bond donors (Lipinski definition) is 2. The number of likely N-dealkylation sites (tertiary alicyclic amines) is 1. The van der Waals surface area contributed by atoms with E-state index >= 15 is 0 Å². The van der Waals surface area contributed by atoms with Gasteiger partial charge >= 0.3 is 0 Å². The molecule has 0 aliphatic carbocycles. The van der Waals surface area contributed by atoms with E-state index in [0.29, 0.717) is 12.5 Å². The number of nitrogens with zero attached hydrogens (tertiary/aromatic N) is 1. The van der Waals surface area contributed by atoms with Crippen LogP contribution in [-0.4, -0.2) is 47.2 Å². The zero-order chi connectivity index (χ0) is 12.5. The summed E-state index contributed by atoms with van der Waals surface area (Å²) in [5, 5.41) is 13.3. The fourth-order valence-electron chi connectivity index (χ4n) is 2.92. The zero-order valence-corrected chi connectivity index (χ0v) is 10.9. The summed E-state index contributed by atoms with van der Waals surface area (Å²) in [6, 6.07) is -0.0346. The van der Waals surface area contributed by atoms with Crippen molar-refractivity contribution < 1.29 is 9.90 Å². The Balaban J connectivity index is 1.94. The second kappa shape index (κ2) is 4.94. The molecule has 3 unspecified atom stereocenters. The summed E-state index contributed by atoms with van der Waals surface area (Å²) >= 11 is 0. The van der Waals surface area contributed by atoms with Gasteiger partial charge in [-0.3, -0.25) is 4.79 Å². The molecule has 0 bridgehead atoms. The first-order valence-corrected chi connectivity index (χ1v) is 6.72. The Morgan fingerprint density at radius 1 is 1.53 bits per heavy atom. The third-order valence-electron chi connectivity index (χ3n) is 3.95. The smallest absolute Gasteiger partial charge is 0.239 e. The van der Waals surface area contributed by atoms with Crippen molar-refractivity contribution in [1.82, 2.24) is 10.2 Å². The molecule has 1 amide bonds. The van der Waals surface area contributed by atoms with Crippen LogP contribution in [0.3, 0.4) is 0 Å². The van der Waals surface area contributed by atoms with Crippen molar-refractivity contribution in [2.75, 3.05) is 19.6 Å². The van der Waals surface area contributed by atoms with Crippen LogP contribution in [0.5, 0.6) is 0 Å². The standard InChI is InChI=1S/C13H24N2O2/c1-10-4-6-14-11(8-10)12(16)15-7-3-5-13(2,17)9-15/h10-11,14,17H,3-9H2,1-2H3. The molecule has 0 aromatic carbocycles. The lowest BCUT2D eigenvalue weighted by atomic mass is 9.91. The molecule has 0 spiro atoms. The van der Waals surface area contributed by atoms with Crippen LogP contribution in [0.25, 0.3) is 0 Å². The average Bonchev–Trinajstić information content (AvgIpc) is 2.26. The number of carbonyl (C=O) groups excluding carboxylic acids is 1. The Bertz CT molecular complexity index is 291. The van der Waals surface area contributed by atoms with Gasteiger partial charge in [-0.1, -0.05) is 6.92 Å². The fourth-order valence-corrected chi connectivity index (χ4v) is 2.92. The lowest BCUT2D eigenvalue weighted by molar-refractivity contribution is -0.140. The molecule has 4 heteroatoms. The number of piperidine rings is 2. The molecule has 2 fully saturated rings. The number of aliphatic hydroxyl groups is 1. The quantitative estimate of drug-likeness (QED) is 0.711. The van der Waals surface area contributed by atoms with E-state index in [-0.39, 0.29) is 11.9 Å². The highest BCUT2D eigenvalue weighted by Crippen LogP contribution is 2.23. The van der Waals surface area contributed by atoms with Crippen molar-refractivity contribution in [3.05, 3.63) is 0 Å². The van der Waals surface area contributed by atoms with Crippen LogP contribution in [0.2, 0.25) is 0 Å². The third-order valence-corrected chi connectivity index (χ3v) is 3.95. The molecule has 2 N–H and O–H groups in total. The summed E-state index contributed by atoms with van der Waals surface area (Å²) in [5.41, 5.74) is -0.700. The molecule has 0 saturated carbocycles. The summed E-state index contributed by atoms with van der Waals surface area (Å²) in [7, 11) is 0. The molecule has 2 heterocycles. The predicted octanol–water partition coefficient (Wildman–Crippen LogP) is 0.748. The van der Waals surface area contributed by atoms with Crippen molar-refractivity contribution in [2.24, 2.45) is 5.92 Å². The van der Waals surface area contributed by atoms with Gasteiger partial charge in [0.2, 0.25) is 5.91 Å². The number of β-amino-alcohol motifs (C(OH)–C–C–N with tert-alkyl or cyclic N) is 1. The molecule has 98 valence electrons. The second-order valence-corrected chi connectivity index (χ2v) is 6.00. The zero-order valence-electron chi connectivity index (χ0n) is 10.9. The second-order valence-electron chi connectivity index (χ2n) is 6.00. The summed E-state index contributed by atoms with van der Waals surface area (Å²) in [6.07, 6.45) is 3.78. The molecule has 2 saturated heterocycles. The van der Waals surface area contributed by atoms with E-state index < -0.39 is 5.60 Å². The van der Waals surface area contributed by atoms with Gasteiger partial charge in [-0.15, -0.1) is 0 Å². The largest absolute Gasteiger partial charge is 0.388 e. The Hall–Kier alpha value is -0.610. The minimum Gasteiger partial charge on any atom is -0.388 e. The fraction of sp³-hybridized carbons (Fsp3) is 0.923. The maximum atomic E-state index is 12.3. The highest BCUT2D eigenvalue weighted by molar-refractivity contribution is 5.82. The first kappa shape index (κ1) is 12.8. The van der Waals surface area contributed by atoms with Crippen molar-refractivity contribution >= 4 is 5.91 Å². The van der Waals surface area contributed by atoms with Crippen LogP contribution in [0, 0.1) is 5.92 Å². The van der Waals surface area contributed by atoms with Crippen LogP contribution < -0.4 is 5.32 Å². The molecular weight excluding hydrogens is 216 g/mol. The van der Waals surface area contributed by atoms with Gasteiger partial charge in [-0.25, -0.2) is 0 Å². The molecule has 17 heavy (non-hydrogen) atoms. The summed E-state index contributed by atoms with van der Waals surface area (Å²) < 4.78 is 0. The van der Waals surface area contributed by atoms with Gasteiger partial charge in [0.15, 0.2) is 0 Å². The van der Waals surface area contributed by atoms with Gasteiger partial charge in [0, 0.05) is 13.1 Å². The lowest BCUT2D eigenvalue weighted by Gasteiger charge is -2.39. The maximum absolute atomic E-state index is 12.3. The van der Waals surface area contributed by atoms with Gasteiger partial charge in [0.25, 0.3) is 0 Å². The van der Waals surface area contributed by atoms with Crippen molar-refractivity contribution in [3.63, 3.8) is 0 Å². The van der Waals surface area contributed by atoms with Crippen LogP contribution in [-0.2, 0) is 4.79 Å². The Morgan fingerprint density at radius 3 is 2.94 bits per heavy atom. The Kier molecular flexibility index (Phi) is 3.73. The molecule has 2 rings (SSSR count). The van der Waals surface area contributed by atoms with Crippen LogP contribution in [0.4, 0.5) is 0 Å². The number of rotatable bonds is 1. The molecule has 0 aromatic heterocycles. The highest BCUT2D eigenvalue weighted by atomic mass is 16.3. The van der Waals surface area contributed by atoms with Crippen molar-refractivity contribution in [2.45, 2.75) is 51.2 Å². The van der Waals surface area contributed by atoms with E-state index in [4.69, 9.17) is 0 Å². The highest BCUT2D eigenvalue weighted by Gasteiger charge is 2.34. The van der Waals surface area contributed by atoms with E-state index in [1.165, 1.54) is 0 Å². The molecule has 2 aliphatic heterocycles. The van der Waals surface area contributed by atoms with Crippen molar-refractivity contribution in [1.29, 1.82) is 0 Å². The van der Waals surface area contributed by atoms with Gasteiger partial charge in [-0.2, -0.15) is 0 Å². The van der Waals surface area contributed by atoms with Crippen LogP contribution in [0.15, 0.2) is 0 Å². The van der Waals surface area contributed by atoms with Gasteiger partial charge < -0.3 is 15.3 Å². The normalized spacial score (nSPS) is 39.1. The van der Waals surface area contributed by atoms with E-state index in [0.717, 1.165) is 38.8 Å². The maximum Gasteiger partial charge on any atom is 0.239 e. The molecule has 4 nitrogen and oxygen atoms in total. The number of carbonyl (C=O) groups is 1. The van der Waals surface area contributed by atoms with Gasteiger partial charge in [0.05, 0.1) is 11.6 Å². The first-order chi connectivity index (χ1) is 7.98. The monoisotopic (exact) mass is 240 g/mol. The Labute approximate surface area is 103 Å². The van der Waals surface area contributed by atoms with Gasteiger partial charge in [0.1, 0.15) is 0 Å². The van der Waals surface area contributed by atoms with Crippen LogP contribution in [0.1, 0.15) is 39.5 Å². The minimum atomic E-state index is -0.700. The summed E-state index contributed by atoms with van der Waals surface area (Å²) in [5.74, 6) is 0.798. The summed E-state index contributed by atoms with van der Waals surface area (Å²) in [6.45, 7) is 6.23. The Morgan fingerprint density at radius 2 is 2.29 bits per heavy atom. The van der Waals surface area contributed by atoms with E-state index in [1.807, 2.05) is 11.8 Å². The molecule has 0 radical (unpaired) electrons. The molecular formula is C13H24N2O2. The van der Waals surface area contributed by atoms with Crippen molar-refractivity contribution in [3.8, 4) is 0 Å². The molecule has 3 atom stereocenters. The SMILES string of the molecule is CC1CCNC(C(=O)N2CCCC(C)(O)C2)C1. The molecule has 2 aliphatic rings. The summed E-state index contributed by atoms with van der Waals surface area (Å²) in [4.78, 5) is 14.2.